The Labute approximate surface area is 241 Å². The smallest absolute Gasteiger partial charge is 0.431 e. The standard InChI is InChI=1S/C28H30F2N6O4S/c1-35(2)16-19-10-12-36(17-19)40-28(38)33-25-15-22(9-11-31-25)39-21-7-8-24(23(30)14-21)32-27(41)34-26(37)13-18-3-5-20(29)6-4-18/h3-9,11,14-15,19H,10,12-13,16-17H2,1-2H3,(H,31,33,38)(H2,32,34,37,41)/t19-/m0/s1. The topological polar surface area (TPSA) is 108 Å². The number of pyridine rings is 1. The predicted octanol–water partition coefficient (Wildman–Crippen LogP) is 4.55. The van der Waals surface area contributed by atoms with E-state index in [1.807, 2.05) is 14.1 Å². The summed E-state index contributed by atoms with van der Waals surface area (Å²) in [6.07, 6.45) is 1.69. The van der Waals surface area contributed by atoms with E-state index in [4.69, 9.17) is 21.8 Å². The van der Waals surface area contributed by atoms with Crippen LogP contribution in [0.25, 0.3) is 0 Å². The number of hydrogen-bond donors (Lipinski definition) is 3. The second-order valence-electron chi connectivity index (χ2n) is 9.73. The fourth-order valence-corrected chi connectivity index (χ4v) is 4.47. The Kier molecular flexibility index (Phi) is 10.1. The number of benzene rings is 2. The number of nitrogens with one attached hydrogen (secondary N) is 3. The summed E-state index contributed by atoms with van der Waals surface area (Å²) in [5, 5.41) is 9.20. The lowest BCUT2D eigenvalue weighted by Crippen LogP contribution is -2.35. The maximum atomic E-state index is 14.7. The van der Waals surface area contributed by atoms with Crippen LogP contribution in [0.5, 0.6) is 11.5 Å². The number of amides is 2. The third-order valence-electron chi connectivity index (χ3n) is 6.00. The minimum Gasteiger partial charge on any atom is -0.457 e. The van der Waals surface area contributed by atoms with Crippen molar-refractivity contribution in [2.24, 2.45) is 5.92 Å². The van der Waals surface area contributed by atoms with E-state index in [9.17, 15) is 18.4 Å². The number of thiocarbonyl (C=S) groups is 1. The Balaban J connectivity index is 1.26. The first kappa shape index (κ1) is 29.8. The van der Waals surface area contributed by atoms with E-state index in [0.717, 1.165) is 19.0 Å². The van der Waals surface area contributed by atoms with E-state index >= 15 is 0 Å². The molecule has 0 aliphatic carbocycles. The van der Waals surface area contributed by atoms with Crippen LogP contribution < -0.4 is 20.7 Å². The Morgan fingerprint density at radius 1 is 1.07 bits per heavy atom. The number of anilines is 2. The summed E-state index contributed by atoms with van der Waals surface area (Å²) in [6, 6.07) is 12.6. The van der Waals surface area contributed by atoms with Crippen LogP contribution >= 0.6 is 12.2 Å². The number of halogens is 2. The van der Waals surface area contributed by atoms with Gasteiger partial charge in [0.25, 0.3) is 0 Å². The van der Waals surface area contributed by atoms with Crippen molar-refractivity contribution in [2.45, 2.75) is 12.8 Å². The average Bonchev–Trinajstić information content (AvgIpc) is 3.32. The summed E-state index contributed by atoms with van der Waals surface area (Å²) in [7, 11) is 4.02. The highest BCUT2D eigenvalue weighted by molar-refractivity contribution is 7.80. The van der Waals surface area contributed by atoms with Gasteiger partial charge in [0.05, 0.1) is 12.1 Å². The minimum atomic E-state index is -0.674. The van der Waals surface area contributed by atoms with Gasteiger partial charge in [0.15, 0.2) is 5.11 Å². The fourth-order valence-electron chi connectivity index (χ4n) is 4.24. The number of hydrogen-bond acceptors (Lipinski definition) is 8. The molecule has 1 saturated heterocycles. The second kappa shape index (κ2) is 13.9. The van der Waals surface area contributed by atoms with Gasteiger partial charge >= 0.3 is 6.09 Å². The van der Waals surface area contributed by atoms with Crippen molar-refractivity contribution >= 4 is 40.8 Å². The molecule has 3 N–H and O–H groups in total. The van der Waals surface area contributed by atoms with Crippen molar-refractivity contribution in [3.63, 3.8) is 0 Å². The molecule has 1 aliphatic rings. The van der Waals surface area contributed by atoms with E-state index in [1.165, 1.54) is 48.7 Å². The molecule has 3 aromatic rings. The molecule has 1 atom stereocenters. The van der Waals surface area contributed by atoms with Gasteiger partial charge in [0.2, 0.25) is 5.91 Å². The SMILES string of the molecule is CN(C)C[C@@H]1CCN(OC(=O)Nc2cc(Oc3ccc(NC(=S)NC(=O)Cc4ccc(F)cc4)c(F)c3)ccn2)C1. The van der Waals surface area contributed by atoms with Gasteiger partial charge in [0.1, 0.15) is 29.0 Å². The van der Waals surface area contributed by atoms with Crippen molar-refractivity contribution in [1.29, 1.82) is 0 Å². The predicted molar refractivity (Wildman–Crippen MR) is 154 cm³/mol. The number of rotatable bonds is 9. The van der Waals surface area contributed by atoms with Gasteiger partial charge < -0.3 is 25.1 Å². The van der Waals surface area contributed by atoms with Gasteiger partial charge in [0, 0.05) is 38.0 Å². The molecule has 2 amide bonds. The molecule has 1 aromatic heterocycles. The number of ether oxygens (including phenoxy) is 1. The lowest BCUT2D eigenvalue weighted by Gasteiger charge is -2.17. The molecular formula is C28H30F2N6O4S. The molecule has 0 radical (unpaired) electrons. The van der Waals surface area contributed by atoms with Crippen LogP contribution in [0.15, 0.2) is 60.8 Å². The molecule has 0 spiro atoms. The summed E-state index contributed by atoms with van der Waals surface area (Å²) in [4.78, 5) is 36.1. The van der Waals surface area contributed by atoms with Crippen LogP contribution in [0.4, 0.5) is 25.1 Å². The van der Waals surface area contributed by atoms with Crippen LogP contribution in [-0.4, -0.2) is 65.8 Å². The molecule has 10 nitrogen and oxygen atoms in total. The van der Waals surface area contributed by atoms with Gasteiger partial charge in [-0.05, 0) is 74.5 Å². The zero-order valence-corrected chi connectivity index (χ0v) is 23.3. The Morgan fingerprint density at radius 2 is 1.83 bits per heavy atom. The van der Waals surface area contributed by atoms with Crippen molar-refractivity contribution in [2.75, 3.05) is 44.4 Å². The highest BCUT2D eigenvalue weighted by atomic mass is 32.1. The second-order valence-corrected chi connectivity index (χ2v) is 10.1. The van der Waals surface area contributed by atoms with Crippen LogP contribution in [0, 0.1) is 17.6 Å². The van der Waals surface area contributed by atoms with Crippen LogP contribution in [-0.2, 0) is 16.1 Å². The zero-order valence-electron chi connectivity index (χ0n) is 22.5. The molecule has 2 heterocycles. The van der Waals surface area contributed by atoms with Crippen LogP contribution in [0.2, 0.25) is 0 Å². The minimum absolute atomic E-state index is 0.0205. The first-order chi connectivity index (χ1) is 19.6. The van der Waals surface area contributed by atoms with E-state index in [0.29, 0.717) is 30.3 Å². The molecule has 1 fully saturated rings. The first-order valence-corrected chi connectivity index (χ1v) is 13.2. The van der Waals surface area contributed by atoms with E-state index < -0.39 is 23.6 Å². The molecule has 2 aromatic carbocycles. The number of carbonyl (C=O) groups excluding carboxylic acids is 2. The quantitative estimate of drug-likeness (QED) is 0.312. The number of aromatic nitrogens is 1. The molecule has 0 saturated carbocycles. The summed E-state index contributed by atoms with van der Waals surface area (Å²) in [5.74, 6) is -0.383. The molecular weight excluding hydrogens is 554 g/mol. The third-order valence-corrected chi connectivity index (χ3v) is 6.20. The molecule has 13 heteroatoms. The van der Waals surface area contributed by atoms with Gasteiger partial charge in [-0.3, -0.25) is 10.1 Å². The monoisotopic (exact) mass is 584 g/mol. The zero-order chi connectivity index (χ0) is 29.4. The van der Waals surface area contributed by atoms with Crippen molar-refractivity contribution in [3.8, 4) is 11.5 Å². The van der Waals surface area contributed by atoms with Gasteiger partial charge in [-0.1, -0.05) is 12.1 Å². The summed E-state index contributed by atoms with van der Waals surface area (Å²) in [5.41, 5.74) is 0.630. The highest BCUT2D eigenvalue weighted by Gasteiger charge is 2.26. The van der Waals surface area contributed by atoms with Crippen molar-refractivity contribution < 1.29 is 27.9 Å². The first-order valence-electron chi connectivity index (χ1n) is 12.8. The summed E-state index contributed by atoms with van der Waals surface area (Å²) < 4.78 is 33.5. The molecule has 0 unspecified atom stereocenters. The van der Waals surface area contributed by atoms with Crippen molar-refractivity contribution in [3.05, 3.63) is 78.0 Å². The highest BCUT2D eigenvalue weighted by Crippen LogP contribution is 2.27. The number of carbonyl (C=O) groups is 2. The molecule has 1 aliphatic heterocycles. The van der Waals surface area contributed by atoms with Gasteiger partial charge in [-0.2, -0.15) is 0 Å². The Morgan fingerprint density at radius 3 is 2.56 bits per heavy atom. The lowest BCUT2D eigenvalue weighted by molar-refractivity contribution is -0.119. The molecule has 216 valence electrons. The van der Waals surface area contributed by atoms with E-state index in [1.54, 1.807) is 11.1 Å². The molecule has 0 bridgehead atoms. The molecule has 41 heavy (non-hydrogen) atoms. The van der Waals surface area contributed by atoms with Crippen molar-refractivity contribution in [1.82, 2.24) is 20.3 Å². The maximum absolute atomic E-state index is 14.7. The van der Waals surface area contributed by atoms with Crippen LogP contribution in [0.3, 0.4) is 0 Å². The number of nitrogens with zero attached hydrogens (tertiary/aromatic N) is 3. The fraction of sp³-hybridized carbons (Fsp3) is 0.286. The van der Waals surface area contributed by atoms with E-state index in [2.05, 4.69) is 25.8 Å². The summed E-state index contributed by atoms with van der Waals surface area (Å²) in [6.45, 7) is 2.24. The Bertz CT molecular complexity index is 1390. The average molecular weight is 585 g/mol. The van der Waals surface area contributed by atoms with Gasteiger partial charge in [-0.25, -0.2) is 18.6 Å². The van der Waals surface area contributed by atoms with E-state index in [-0.39, 0.29) is 28.8 Å². The third kappa shape index (κ3) is 9.45. The van der Waals surface area contributed by atoms with Gasteiger partial charge in [-0.15, -0.1) is 5.06 Å². The molecule has 4 rings (SSSR count). The maximum Gasteiger partial charge on any atom is 0.431 e. The summed E-state index contributed by atoms with van der Waals surface area (Å²) >= 11 is 5.10. The number of hydroxylamine groups is 2. The lowest BCUT2D eigenvalue weighted by atomic mass is 10.1. The van der Waals surface area contributed by atoms with Crippen LogP contribution in [0.1, 0.15) is 12.0 Å². The normalized spacial score (nSPS) is 14.9. The Hall–Kier alpha value is -4.20. The largest absolute Gasteiger partial charge is 0.457 e.